The van der Waals surface area contributed by atoms with Crippen LogP contribution in [0, 0.1) is 11.3 Å². The zero-order chi connectivity index (χ0) is 13.9. The van der Waals surface area contributed by atoms with Crippen LogP contribution in [0.15, 0.2) is 53.4 Å². The molecule has 2 aromatic rings. The Hall–Kier alpha value is -2.03. The smallest absolute Gasteiger partial charge is 0.261 e. The van der Waals surface area contributed by atoms with E-state index in [9.17, 15) is 8.42 Å². The van der Waals surface area contributed by atoms with Crippen molar-refractivity contribution in [1.82, 2.24) is 0 Å². The number of nitriles is 1. The number of benzene rings is 2. The Kier molecular flexibility index (Phi) is 3.74. The first-order valence-corrected chi connectivity index (χ1v) is 7.16. The molecule has 0 saturated carbocycles. The van der Waals surface area contributed by atoms with Gasteiger partial charge in [-0.1, -0.05) is 17.7 Å². The van der Waals surface area contributed by atoms with Gasteiger partial charge in [-0.2, -0.15) is 5.26 Å². The van der Waals surface area contributed by atoms with Crippen LogP contribution in [-0.4, -0.2) is 8.42 Å². The molecule has 0 aromatic heterocycles. The van der Waals surface area contributed by atoms with Gasteiger partial charge in [0.15, 0.2) is 0 Å². The Balaban J connectivity index is 2.32. The van der Waals surface area contributed by atoms with Crippen molar-refractivity contribution in [2.45, 2.75) is 4.90 Å². The minimum absolute atomic E-state index is 0.0431. The van der Waals surface area contributed by atoms with E-state index in [1.165, 1.54) is 18.2 Å². The van der Waals surface area contributed by atoms with Crippen molar-refractivity contribution in [1.29, 1.82) is 5.26 Å². The minimum Gasteiger partial charge on any atom is -0.280 e. The van der Waals surface area contributed by atoms with E-state index < -0.39 is 10.0 Å². The lowest BCUT2D eigenvalue weighted by molar-refractivity contribution is 0.601. The molecule has 0 aliphatic rings. The molecule has 96 valence electrons. The number of hydrogen-bond acceptors (Lipinski definition) is 3. The maximum atomic E-state index is 12.1. The summed E-state index contributed by atoms with van der Waals surface area (Å²) < 4.78 is 26.6. The largest absolute Gasteiger partial charge is 0.280 e. The highest BCUT2D eigenvalue weighted by molar-refractivity contribution is 7.92. The molecule has 2 rings (SSSR count). The first-order chi connectivity index (χ1) is 9.01. The van der Waals surface area contributed by atoms with Crippen LogP contribution in [0.5, 0.6) is 0 Å². The molecule has 0 aliphatic carbocycles. The monoisotopic (exact) mass is 292 g/mol. The van der Waals surface area contributed by atoms with Crippen molar-refractivity contribution in [2.24, 2.45) is 0 Å². The maximum Gasteiger partial charge on any atom is 0.261 e. The predicted molar refractivity (Wildman–Crippen MR) is 73.4 cm³/mol. The molecule has 19 heavy (non-hydrogen) atoms. The summed E-state index contributed by atoms with van der Waals surface area (Å²) in [7, 11) is -3.70. The average molecular weight is 293 g/mol. The van der Waals surface area contributed by atoms with Crippen LogP contribution >= 0.6 is 11.6 Å². The number of halogens is 1. The van der Waals surface area contributed by atoms with Crippen molar-refractivity contribution in [2.75, 3.05) is 4.72 Å². The number of nitrogens with one attached hydrogen (secondary N) is 1. The van der Waals surface area contributed by atoms with Gasteiger partial charge in [-0.25, -0.2) is 8.42 Å². The van der Waals surface area contributed by atoms with Gasteiger partial charge in [0.25, 0.3) is 10.0 Å². The minimum atomic E-state index is -3.70. The summed E-state index contributed by atoms with van der Waals surface area (Å²) in [6, 6.07) is 14.0. The summed E-state index contributed by atoms with van der Waals surface area (Å²) in [6.45, 7) is 0. The zero-order valence-electron chi connectivity index (χ0n) is 9.67. The molecular formula is C13H9ClN2O2S. The second-order valence-electron chi connectivity index (χ2n) is 3.75. The molecule has 0 spiro atoms. The van der Waals surface area contributed by atoms with Crippen LogP contribution in [0.3, 0.4) is 0 Å². The Labute approximate surface area is 116 Å². The van der Waals surface area contributed by atoms with Crippen molar-refractivity contribution in [3.8, 4) is 6.07 Å². The Morgan fingerprint density at radius 2 is 1.79 bits per heavy atom. The quantitative estimate of drug-likeness (QED) is 0.945. The molecule has 0 saturated heterocycles. The lowest BCUT2D eigenvalue weighted by Crippen LogP contribution is -2.12. The SMILES string of the molecule is N#Cc1cccc(S(=O)(=O)Nc2ccc(Cl)cc2)c1. The fourth-order valence-electron chi connectivity index (χ4n) is 1.46. The predicted octanol–water partition coefficient (Wildman–Crippen LogP) is 3.01. The van der Waals surface area contributed by atoms with Gasteiger partial charge < -0.3 is 0 Å². The van der Waals surface area contributed by atoms with Crippen molar-refractivity contribution < 1.29 is 8.42 Å². The summed E-state index contributed by atoms with van der Waals surface area (Å²) in [6.07, 6.45) is 0. The number of nitrogens with zero attached hydrogens (tertiary/aromatic N) is 1. The summed E-state index contributed by atoms with van der Waals surface area (Å²) in [5.74, 6) is 0. The molecule has 0 radical (unpaired) electrons. The highest BCUT2D eigenvalue weighted by Gasteiger charge is 2.14. The molecule has 1 N–H and O–H groups in total. The molecule has 0 atom stereocenters. The standard InChI is InChI=1S/C13H9ClN2O2S/c14-11-4-6-12(7-5-11)16-19(17,18)13-3-1-2-10(8-13)9-15/h1-8,16H. The summed E-state index contributed by atoms with van der Waals surface area (Å²) in [5.41, 5.74) is 0.700. The fourth-order valence-corrected chi connectivity index (χ4v) is 2.69. The maximum absolute atomic E-state index is 12.1. The van der Waals surface area contributed by atoms with E-state index in [2.05, 4.69) is 4.72 Å². The molecule has 6 heteroatoms. The zero-order valence-corrected chi connectivity index (χ0v) is 11.2. The fraction of sp³-hybridized carbons (Fsp3) is 0. The van der Waals surface area contributed by atoms with Gasteiger partial charge in [-0.05, 0) is 42.5 Å². The van der Waals surface area contributed by atoms with Gasteiger partial charge in [-0.15, -0.1) is 0 Å². The van der Waals surface area contributed by atoms with Gasteiger partial charge in [-0.3, -0.25) is 4.72 Å². The highest BCUT2D eigenvalue weighted by Crippen LogP contribution is 2.18. The number of rotatable bonds is 3. The van der Waals surface area contributed by atoms with E-state index in [1.807, 2.05) is 6.07 Å². The third kappa shape index (κ3) is 3.25. The van der Waals surface area contributed by atoms with E-state index in [1.54, 1.807) is 30.3 Å². The van der Waals surface area contributed by atoms with Gasteiger partial charge in [0, 0.05) is 10.7 Å². The summed E-state index contributed by atoms with van der Waals surface area (Å²) >= 11 is 5.73. The lowest BCUT2D eigenvalue weighted by Gasteiger charge is -2.08. The van der Waals surface area contributed by atoms with E-state index >= 15 is 0 Å². The van der Waals surface area contributed by atoms with E-state index in [0.717, 1.165) is 0 Å². The van der Waals surface area contributed by atoms with Crippen LogP contribution in [-0.2, 0) is 10.0 Å². The first-order valence-electron chi connectivity index (χ1n) is 5.30. The molecule has 0 aliphatic heterocycles. The Morgan fingerprint density at radius 1 is 1.11 bits per heavy atom. The van der Waals surface area contributed by atoms with E-state index in [4.69, 9.17) is 16.9 Å². The summed E-state index contributed by atoms with van der Waals surface area (Å²) in [4.78, 5) is 0.0431. The second-order valence-corrected chi connectivity index (χ2v) is 5.87. The molecule has 0 bridgehead atoms. The number of anilines is 1. The van der Waals surface area contributed by atoms with Crippen LogP contribution in [0.25, 0.3) is 0 Å². The van der Waals surface area contributed by atoms with Crippen LogP contribution in [0.4, 0.5) is 5.69 Å². The van der Waals surface area contributed by atoms with Crippen LogP contribution < -0.4 is 4.72 Å². The van der Waals surface area contributed by atoms with Gasteiger partial charge in [0.1, 0.15) is 0 Å². The summed E-state index contributed by atoms with van der Waals surface area (Å²) in [5, 5.41) is 9.29. The van der Waals surface area contributed by atoms with Crippen LogP contribution in [0.1, 0.15) is 5.56 Å². The second kappa shape index (κ2) is 5.31. The van der Waals surface area contributed by atoms with Crippen molar-refractivity contribution in [3.05, 3.63) is 59.1 Å². The van der Waals surface area contributed by atoms with Gasteiger partial charge in [0.2, 0.25) is 0 Å². The molecule has 0 heterocycles. The van der Waals surface area contributed by atoms with Crippen molar-refractivity contribution >= 4 is 27.3 Å². The lowest BCUT2D eigenvalue weighted by atomic mass is 10.2. The van der Waals surface area contributed by atoms with Gasteiger partial charge in [0.05, 0.1) is 16.5 Å². The molecule has 0 amide bonds. The van der Waals surface area contributed by atoms with Gasteiger partial charge >= 0.3 is 0 Å². The van der Waals surface area contributed by atoms with Crippen LogP contribution in [0.2, 0.25) is 5.02 Å². The molecular weight excluding hydrogens is 284 g/mol. The normalized spacial score (nSPS) is 10.7. The van der Waals surface area contributed by atoms with E-state index in [0.29, 0.717) is 16.3 Å². The molecule has 0 fully saturated rings. The van der Waals surface area contributed by atoms with E-state index in [-0.39, 0.29) is 4.90 Å². The molecule has 4 nitrogen and oxygen atoms in total. The average Bonchev–Trinajstić information content (AvgIpc) is 2.41. The van der Waals surface area contributed by atoms with Crippen molar-refractivity contribution in [3.63, 3.8) is 0 Å². The third-order valence-corrected chi connectivity index (χ3v) is 4.00. The molecule has 2 aromatic carbocycles. The third-order valence-electron chi connectivity index (χ3n) is 2.37. The Bertz CT molecular complexity index is 734. The number of sulfonamides is 1. The highest BCUT2D eigenvalue weighted by atomic mass is 35.5. The first kappa shape index (κ1) is 13.4. The molecule has 0 unspecified atom stereocenters. The number of hydrogen-bond donors (Lipinski definition) is 1. The Morgan fingerprint density at radius 3 is 2.42 bits per heavy atom. The topological polar surface area (TPSA) is 70.0 Å².